The molecule has 0 fully saturated rings. The highest BCUT2D eigenvalue weighted by molar-refractivity contribution is 6.30. The van der Waals surface area contributed by atoms with Gasteiger partial charge in [0.1, 0.15) is 17.5 Å². The molecule has 0 saturated heterocycles. The summed E-state index contributed by atoms with van der Waals surface area (Å²) in [6.45, 7) is 4.15. The predicted molar refractivity (Wildman–Crippen MR) is 78.0 cm³/mol. The number of rotatable bonds is 4. The number of nitrogens with one attached hydrogen (secondary N) is 1. The molecule has 21 heavy (non-hydrogen) atoms. The Bertz CT molecular complexity index is 635. The van der Waals surface area contributed by atoms with Crippen molar-refractivity contribution < 1.29 is 13.2 Å². The molecule has 1 nitrogen and oxygen atoms in total. The van der Waals surface area contributed by atoms with Crippen LogP contribution in [0.25, 0.3) is 0 Å². The van der Waals surface area contributed by atoms with Gasteiger partial charge in [0.2, 0.25) is 0 Å². The van der Waals surface area contributed by atoms with Crippen LogP contribution in [0.4, 0.5) is 13.2 Å². The van der Waals surface area contributed by atoms with Gasteiger partial charge in [0.15, 0.2) is 0 Å². The number of hydrogen-bond acceptors (Lipinski definition) is 1. The average molecular weight is 314 g/mol. The summed E-state index contributed by atoms with van der Waals surface area (Å²) >= 11 is 5.98. The van der Waals surface area contributed by atoms with Gasteiger partial charge in [-0.25, -0.2) is 13.2 Å². The highest BCUT2D eigenvalue weighted by Gasteiger charge is 2.23. The van der Waals surface area contributed by atoms with Gasteiger partial charge in [-0.1, -0.05) is 24.6 Å². The maximum atomic E-state index is 14.0. The van der Waals surface area contributed by atoms with Gasteiger partial charge >= 0.3 is 0 Å². The summed E-state index contributed by atoms with van der Waals surface area (Å²) in [4.78, 5) is 0. The lowest BCUT2D eigenvalue weighted by Crippen LogP contribution is -2.25. The van der Waals surface area contributed by atoms with E-state index in [1.54, 1.807) is 18.2 Å². The van der Waals surface area contributed by atoms with Crippen LogP contribution in [-0.4, -0.2) is 6.54 Å². The quantitative estimate of drug-likeness (QED) is 0.857. The first-order valence-corrected chi connectivity index (χ1v) is 6.95. The second-order valence-corrected chi connectivity index (χ2v) is 5.21. The molecular weight excluding hydrogens is 299 g/mol. The van der Waals surface area contributed by atoms with Crippen molar-refractivity contribution in [3.05, 3.63) is 69.5 Å². The van der Waals surface area contributed by atoms with Crippen LogP contribution in [0.3, 0.4) is 0 Å². The first-order chi connectivity index (χ1) is 9.93. The topological polar surface area (TPSA) is 12.0 Å². The lowest BCUT2D eigenvalue weighted by atomic mass is 9.94. The molecule has 5 heteroatoms. The Hall–Kier alpha value is -1.52. The van der Waals surface area contributed by atoms with Crippen LogP contribution < -0.4 is 5.32 Å². The Morgan fingerprint density at radius 1 is 1.10 bits per heavy atom. The maximum Gasteiger partial charge on any atom is 0.134 e. The van der Waals surface area contributed by atoms with Gasteiger partial charge in [0, 0.05) is 22.7 Å². The van der Waals surface area contributed by atoms with Gasteiger partial charge in [-0.3, -0.25) is 0 Å². The summed E-state index contributed by atoms with van der Waals surface area (Å²) < 4.78 is 41.2. The van der Waals surface area contributed by atoms with E-state index >= 15 is 0 Å². The van der Waals surface area contributed by atoms with Crippen molar-refractivity contribution in [2.24, 2.45) is 0 Å². The summed E-state index contributed by atoms with van der Waals surface area (Å²) in [5.74, 6) is -2.78. The Labute approximate surface area is 126 Å². The largest absolute Gasteiger partial charge is 0.306 e. The van der Waals surface area contributed by atoms with Gasteiger partial charge in [0.25, 0.3) is 0 Å². The Balaban J connectivity index is 2.61. The third kappa shape index (κ3) is 3.39. The second-order valence-electron chi connectivity index (χ2n) is 4.77. The number of aryl methyl sites for hydroxylation is 1. The number of halogens is 4. The van der Waals surface area contributed by atoms with Crippen LogP contribution in [0.2, 0.25) is 5.02 Å². The summed E-state index contributed by atoms with van der Waals surface area (Å²) in [6.07, 6.45) is 0. The zero-order valence-corrected chi connectivity index (χ0v) is 12.4. The molecule has 2 aromatic rings. The van der Waals surface area contributed by atoms with E-state index in [9.17, 15) is 13.2 Å². The SMILES string of the molecule is CCNC(c1cc(Cl)ccc1C)c1c(F)cc(F)cc1F. The van der Waals surface area contributed by atoms with Crippen LogP contribution in [0.1, 0.15) is 29.7 Å². The standard InChI is InChI=1S/C16H15ClF3N/c1-3-21-16(12-6-10(17)5-4-9(12)2)15-13(19)7-11(18)8-14(15)20/h4-8,16,21H,3H2,1-2H3. The zero-order valence-electron chi connectivity index (χ0n) is 11.7. The van der Waals surface area contributed by atoms with Crippen LogP contribution in [0.15, 0.2) is 30.3 Å². The normalized spacial score (nSPS) is 12.5. The van der Waals surface area contributed by atoms with Crippen molar-refractivity contribution in [2.45, 2.75) is 19.9 Å². The first kappa shape index (κ1) is 15.9. The third-order valence-corrected chi connectivity index (χ3v) is 3.53. The van der Waals surface area contributed by atoms with Gasteiger partial charge in [-0.15, -0.1) is 0 Å². The molecule has 1 atom stereocenters. The van der Waals surface area contributed by atoms with E-state index < -0.39 is 23.5 Å². The molecule has 0 amide bonds. The predicted octanol–water partition coefficient (Wildman–Crippen LogP) is 4.76. The smallest absolute Gasteiger partial charge is 0.134 e. The summed E-state index contributed by atoms with van der Waals surface area (Å²) in [5.41, 5.74) is 1.30. The molecule has 0 aliphatic carbocycles. The third-order valence-electron chi connectivity index (χ3n) is 3.29. The van der Waals surface area contributed by atoms with Gasteiger partial charge in [-0.2, -0.15) is 0 Å². The fourth-order valence-electron chi connectivity index (χ4n) is 2.32. The van der Waals surface area contributed by atoms with Crippen molar-refractivity contribution in [3.63, 3.8) is 0 Å². The number of hydrogen-bond donors (Lipinski definition) is 1. The molecule has 0 radical (unpaired) electrons. The molecule has 2 rings (SSSR count). The molecule has 2 aromatic carbocycles. The van der Waals surface area contributed by atoms with Crippen molar-refractivity contribution in [3.8, 4) is 0 Å². The van der Waals surface area contributed by atoms with Crippen LogP contribution >= 0.6 is 11.6 Å². The molecule has 0 aromatic heterocycles. The van der Waals surface area contributed by atoms with Crippen LogP contribution in [0, 0.1) is 24.4 Å². The molecule has 0 aliphatic heterocycles. The average Bonchev–Trinajstić information content (AvgIpc) is 2.39. The van der Waals surface area contributed by atoms with E-state index in [1.807, 2.05) is 13.8 Å². The second kappa shape index (κ2) is 6.50. The van der Waals surface area contributed by atoms with Gasteiger partial charge < -0.3 is 5.32 Å². The van der Waals surface area contributed by atoms with E-state index in [2.05, 4.69) is 5.32 Å². The molecule has 0 saturated carbocycles. The monoisotopic (exact) mass is 313 g/mol. The summed E-state index contributed by atoms with van der Waals surface area (Å²) in [7, 11) is 0. The molecule has 0 spiro atoms. The lowest BCUT2D eigenvalue weighted by molar-refractivity contribution is 0.491. The van der Waals surface area contributed by atoms with Gasteiger partial charge in [-0.05, 0) is 36.7 Å². The Morgan fingerprint density at radius 2 is 1.71 bits per heavy atom. The fraction of sp³-hybridized carbons (Fsp3) is 0.250. The van der Waals surface area contributed by atoms with E-state index in [4.69, 9.17) is 11.6 Å². The lowest BCUT2D eigenvalue weighted by Gasteiger charge is -2.22. The van der Waals surface area contributed by atoms with E-state index in [0.29, 0.717) is 29.3 Å². The Morgan fingerprint density at radius 3 is 2.29 bits per heavy atom. The highest BCUT2D eigenvalue weighted by Crippen LogP contribution is 2.31. The van der Waals surface area contributed by atoms with Crippen molar-refractivity contribution in [1.29, 1.82) is 0 Å². The molecule has 1 unspecified atom stereocenters. The molecule has 112 valence electrons. The molecule has 1 N–H and O–H groups in total. The molecular formula is C16H15ClF3N. The first-order valence-electron chi connectivity index (χ1n) is 6.58. The molecule has 0 aliphatic rings. The zero-order chi connectivity index (χ0) is 15.6. The van der Waals surface area contributed by atoms with Crippen molar-refractivity contribution in [2.75, 3.05) is 6.54 Å². The maximum absolute atomic E-state index is 14.0. The Kier molecular flexibility index (Phi) is 4.91. The fourth-order valence-corrected chi connectivity index (χ4v) is 2.50. The summed E-state index contributed by atoms with van der Waals surface area (Å²) in [6, 6.07) is 5.79. The molecule has 0 bridgehead atoms. The van der Waals surface area contributed by atoms with Crippen molar-refractivity contribution >= 4 is 11.6 Å². The molecule has 0 heterocycles. The van der Waals surface area contributed by atoms with E-state index in [-0.39, 0.29) is 5.56 Å². The summed E-state index contributed by atoms with van der Waals surface area (Å²) in [5, 5.41) is 3.50. The van der Waals surface area contributed by atoms with Crippen LogP contribution in [0.5, 0.6) is 0 Å². The van der Waals surface area contributed by atoms with Gasteiger partial charge in [0.05, 0.1) is 6.04 Å². The minimum absolute atomic E-state index is 0.205. The minimum atomic E-state index is -0.938. The number of benzene rings is 2. The minimum Gasteiger partial charge on any atom is -0.306 e. The highest BCUT2D eigenvalue weighted by atomic mass is 35.5. The van der Waals surface area contributed by atoms with E-state index in [1.165, 1.54) is 0 Å². The van der Waals surface area contributed by atoms with Crippen LogP contribution in [-0.2, 0) is 0 Å². The van der Waals surface area contributed by atoms with Crippen molar-refractivity contribution in [1.82, 2.24) is 5.32 Å². The van der Waals surface area contributed by atoms with E-state index in [0.717, 1.165) is 5.56 Å².